The molecule has 2 rings (SSSR count). The third kappa shape index (κ3) is 7.21. The van der Waals surface area contributed by atoms with Crippen molar-refractivity contribution in [3.05, 3.63) is 74.3 Å². The number of carbonyl (C=O) groups excluding carboxylic acids is 2. The minimum Gasteiger partial charge on any atom is -0.463 e. The largest absolute Gasteiger partial charge is 0.463 e. The third-order valence-corrected chi connectivity index (χ3v) is 4.25. The van der Waals surface area contributed by atoms with Crippen molar-refractivity contribution in [1.29, 1.82) is 0 Å². The lowest BCUT2D eigenvalue weighted by atomic mass is 10.1. The first-order chi connectivity index (χ1) is 15.4. The van der Waals surface area contributed by atoms with E-state index >= 15 is 0 Å². The number of nitrogens with zero attached hydrogens (tertiary/aromatic N) is 1. The highest BCUT2D eigenvalue weighted by Crippen LogP contribution is 2.37. The minimum atomic E-state index is -4.60. The molecule has 0 atom stereocenters. The summed E-state index contributed by atoms with van der Waals surface area (Å²) >= 11 is 5.85. The van der Waals surface area contributed by atoms with Crippen LogP contribution in [0.2, 0.25) is 5.02 Å². The second-order valence-corrected chi connectivity index (χ2v) is 6.91. The smallest absolute Gasteiger partial charge is 0.416 e. The van der Waals surface area contributed by atoms with Crippen molar-refractivity contribution in [2.75, 3.05) is 13.2 Å². The summed E-state index contributed by atoms with van der Waals surface area (Å²) in [7, 11) is 0. The summed E-state index contributed by atoms with van der Waals surface area (Å²) in [5, 5.41) is 10.9. The monoisotopic (exact) mass is 487 g/mol. The second kappa shape index (κ2) is 10.8. The lowest BCUT2D eigenvalue weighted by molar-refractivity contribution is -0.385. The molecule has 0 saturated heterocycles. The molecule has 0 aliphatic carbocycles. The first kappa shape index (κ1) is 25.7. The first-order valence-electron chi connectivity index (χ1n) is 9.26. The molecular weight excluding hydrogens is 471 g/mol. The molecular formula is C21H17ClF3NO7. The van der Waals surface area contributed by atoms with E-state index < -0.39 is 39.9 Å². The molecule has 176 valence electrons. The van der Waals surface area contributed by atoms with Gasteiger partial charge in [0.15, 0.2) is 0 Å². The molecule has 0 heterocycles. The van der Waals surface area contributed by atoms with E-state index in [1.807, 2.05) is 0 Å². The van der Waals surface area contributed by atoms with Crippen molar-refractivity contribution in [3.8, 4) is 11.5 Å². The van der Waals surface area contributed by atoms with Gasteiger partial charge in [-0.2, -0.15) is 13.2 Å². The minimum absolute atomic E-state index is 0.104. The number of nitro groups is 1. The van der Waals surface area contributed by atoms with Gasteiger partial charge < -0.3 is 14.2 Å². The van der Waals surface area contributed by atoms with Crippen LogP contribution in [-0.2, 0) is 20.4 Å². The Morgan fingerprint density at radius 1 is 1.15 bits per heavy atom. The number of esters is 2. The van der Waals surface area contributed by atoms with Gasteiger partial charge in [0.05, 0.1) is 22.1 Å². The van der Waals surface area contributed by atoms with Gasteiger partial charge in [-0.25, -0.2) is 9.59 Å². The summed E-state index contributed by atoms with van der Waals surface area (Å²) in [6.45, 7) is 2.92. The number of halogens is 4. The predicted octanol–water partition coefficient (Wildman–Crippen LogP) is 5.73. The summed E-state index contributed by atoms with van der Waals surface area (Å²) < 4.78 is 53.5. The standard InChI is InChI=1S/C21H17ClF3NO7/c1-3-31-19(27)8-12(2)11-32-20(28)15-10-14(5-6-17(15)26(29)30)33-18-7-4-13(9-16(18)22)21(23,24)25/h4-10H,3,11H2,1-2H3/b12-8+. The van der Waals surface area contributed by atoms with Crippen LogP contribution in [0.5, 0.6) is 11.5 Å². The lowest BCUT2D eigenvalue weighted by Gasteiger charge is -2.12. The summed E-state index contributed by atoms with van der Waals surface area (Å²) in [6.07, 6.45) is -3.50. The van der Waals surface area contributed by atoms with Gasteiger partial charge >= 0.3 is 18.1 Å². The Balaban J connectivity index is 2.25. The van der Waals surface area contributed by atoms with Gasteiger partial charge in [0.2, 0.25) is 0 Å². The Morgan fingerprint density at radius 3 is 2.42 bits per heavy atom. The first-order valence-corrected chi connectivity index (χ1v) is 9.64. The molecule has 0 radical (unpaired) electrons. The number of benzene rings is 2. The van der Waals surface area contributed by atoms with Crippen molar-refractivity contribution in [2.24, 2.45) is 0 Å². The van der Waals surface area contributed by atoms with Crippen molar-refractivity contribution in [2.45, 2.75) is 20.0 Å². The van der Waals surface area contributed by atoms with Crippen LogP contribution in [0.15, 0.2) is 48.0 Å². The molecule has 0 aliphatic rings. The molecule has 2 aromatic rings. The third-order valence-electron chi connectivity index (χ3n) is 3.95. The quantitative estimate of drug-likeness (QED) is 0.203. The van der Waals surface area contributed by atoms with E-state index in [0.717, 1.165) is 36.4 Å². The van der Waals surface area contributed by atoms with Crippen LogP contribution in [0, 0.1) is 10.1 Å². The summed E-state index contributed by atoms with van der Waals surface area (Å²) in [6, 6.07) is 5.52. The van der Waals surface area contributed by atoms with E-state index in [9.17, 15) is 32.9 Å². The highest BCUT2D eigenvalue weighted by molar-refractivity contribution is 6.32. The van der Waals surface area contributed by atoms with Gasteiger partial charge in [0.1, 0.15) is 23.7 Å². The fourth-order valence-corrected chi connectivity index (χ4v) is 2.69. The lowest BCUT2D eigenvalue weighted by Crippen LogP contribution is -2.11. The van der Waals surface area contributed by atoms with Gasteiger partial charge in [0.25, 0.3) is 5.69 Å². The van der Waals surface area contributed by atoms with E-state index in [-0.39, 0.29) is 29.7 Å². The molecule has 0 N–H and O–H groups in total. The number of hydrogen-bond acceptors (Lipinski definition) is 7. The van der Waals surface area contributed by atoms with Gasteiger partial charge in [-0.1, -0.05) is 11.6 Å². The number of nitro benzene ring substituents is 1. The maximum Gasteiger partial charge on any atom is 0.416 e. The Hall–Kier alpha value is -3.60. The van der Waals surface area contributed by atoms with Crippen LogP contribution in [-0.4, -0.2) is 30.1 Å². The van der Waals surface area contributed by atoms with Gasteiger partial charge in [-0.3, -0.25) is 10.1 Å². The van der Waals surface area contributed by atoms with Crippen molar-refractivity contribution < 1.29 is 41.9 Å². The summed E-state index contributed by atoms with van der Waals surface area (Å²) in [4.78, 5) is 34.3. The molecule has 2 aromatic carbocycles. The number of carbonyl (C=O) groups is 2. The second-order valence-electron chi connectivity index (χ2n) is 6.50. The zero-order chi connectivity index (χ0) is 24.8. The predicted molar refractivity (Wildman–Crippen MR) is 110 cm³/mol. The average molecular weight is 488 g/mol. The van der Waals surface area contributed by atoms with E-state index in [4.69, 9.17) is 25.8 Å². The fourth-order valence-electron chi connectivity index (χ4n) is 2.47. The maximum atomic E-state index is 12.8. The topological polar surface area (TPSA) is 105 Å². The molecule has 0 aromatic heterocycles. The molecule has 33 heavy (non-hydrogen) atoms. The molecule has 12 heteroatoms. The van der Waals surface area contributed by atoms with Crippen molar-refractivity contribution in [3.63, 3.8) is 0 Å². The zero-order valence-electron chi connectivity index (χ0n) is 17.3. The van der Waals surface area contributed by atoms with Crippen LogP contribution in [0.25, 0.3) is 0 Å². The Bertz CT molecular complexity index is 1100. The van der Waals surface area contributed by atoms with Crippen LogP contribution in [0.1, 0.15) is 29.8 Å². The molecule has 0 fully saturated rings. The summed E-state index contributed by atoms with van der Waals surface area (Å²) in [5.74, 6) is -1.98. The maximum absolute atomic E-state index is 12.8. The van der Waals surface area contributed by atoms with E-state index in [1.165, 1.54) is 6.92 Å². The van der Waals surface area contributed by atoms with E-state index in [0.29, 0.717) is 11.6 Å². The zero-order valence-corrected chi connectivity index (χ0v) is 18.0. The average Bonchev–Trinajstić information content (AvgIpc) is 2.72. The highest BCUT2D eigenvalue weighted by atomic mass is 35.5. The van der Waals surface area contributed by atoms with E-state index in [1.54, 1.807) is 6.92 Å². The van der Waals surface area contributed by atoms with E-state index in [2.05, 4.69) is 0 Å². The van der Waals surface area contributed by atoms with Gasteiger partial charge in [0, 0.05) is 18.2 Å². The van der Waals surface area contributed by atoms with Crippen molar-refractivity contribution >= 4 is 29.2 Å². The van der Waals surface area contributed by atoms with Crippen LogP contribution < -0.4 is 4.74 Å². The molecule has 0 spiro atoms. The van der Waals surface area contributed by atoms with Crippen LogP contribution >= 0.6 is 11.6 Å². The molecule has 0 unspecified atom stereocenters. The number of hydrogen-bond donors (Lipinski definition) is 0. The van der Waals surface area contributed by atoms with Gasteiger partial charge in [-0.05, 0) is 43.7 Å². The molecule has 8 nitrogen and oxygen atoms in total. The Labute approximate surface area is 190 Å². The van der Waals surface area contributed by atoms with Gasteiger partial charge in [-0.15, -0.1) is 0 Å². The number of alkyl halides is 3. The molecule has 0 amide bonds. The van der Waals surface area contributed by atoms with Crippen LogP contribution in [0.3, 0.4) is 0 Å². The SMILES string of the molecule is CCOC(=O)/C=C(\C)COC(=O)c1cc(Oc2ccc(C(F)(F)F)cc2Cl)ccc1[N+](=O)[O-]. The molecule has 0 bridgehead atoms. The highest BCUT2D eigenvalue weighted by Gasteiger charge is 2.31. The summed E-state index contributed by atoms with van der Waals surface area (Å²) in [5.41, 5.74) is -1.71. The van der Waals surface area contributed by atoms with Crippen LogP contribution in [0.4, 0.5) is 18.9 Å². The molecule has 0 aliphatic heterocycles. The normalized spacial score (nSPS) is 11.6. The molecule has 0 saturated carbocycles. The fraction of sp³-hybridized carbons (Fsp3) is 0.238. The number of rotatable bonds is 8. The van der Waals surface area contributed by atoms with Crippen molar-refractivity contribution in [1.82, 2.24) is 0 Å². The number of ether oxygens (including phenoxy) is 3. The Kier molecular flexibility index (Phi) is 8.41. The Morgan fingerprint density at radius 2 is 1.85 bits per heavy atom.